The number of ether oxygens (including phenoxy) is 2. The predicted octanol–water partition coefficient (Wildman–Crippen LogP) is 6.38. The van der Waals surface area contributed by atoms with E-state index >= 15 is 0 Å². The number of nitrogens with one attached hydrogen (secondary N) is 1. The summed E-state index contributed by atoms with van der Waals surface area (Å²) in [6.45, 7) is 5.45. The van der Waals surface area contributed by atoms with Crippen molar-refractivity contribution in [3.8, 4) is 22.6 Å². The highest BCUT2D eigenvalue weighted by atomic mass is 19.1. The third-order valence-electron chi connectivity index (χ3n) is 7.48. The fourth-order valence-electron chi connectivity index (χ4n) is 5.34. The summed E-state index contributed by atoms with van der Waals surface area (Å²) >= 11 is 0. The average molecular weight is 572 g/mol. The minimum Gasteiger partial charge on any atom is -0.496 e. The smallest absolute Gasteiger partial charge is 0.343 e. The van der Waals surface area contributed by atoms with Crippen LogP contribution in [0, 0.1) is 18.6 Å². The Morgan fingerprint density at radius 3 is 2.31 bits per heavy atom. The normalized spacial score (nSPS) is 14.6. The van der Waals surface area contributed by atoms with E-state index in [0.717, 1.165) is 5.56 Å². The summed E-state index contributed by atoms with van der Waals surface area (Å²) in [5, 5.41) is 3.31. The molecule has 0 fully saturated rings. The third kappa shape index (κ3) is 5.19. The molecule has 7 nitrogen and oxygen atoms in total. The van der Waals surface area contributed by atoms with E-state index in [0.29, 0.717) is 39.4 Å². The van der Waals surface area contributed by atoms with E-state index in [2.05, 4.69) is 5.32 Å². The quantitative estimate of drug-likeness (QED) is 0.206. The summed E-state index contributed by atoms with van der Waals surface area (Å²) < 4.78 is 38.9. The molecule has 1 aliphatic rings. The Hall–Kier alpha value is -4.76. The second-order valence-electron chi connectivity index (χ2n) is 10.8. The van der Waals surface area contributed by atoms with Crippen molar-refractivity contribution in [3.63, 3.8) is 0 Å². The molecule has 0 saturated carbocycles. The second-order valence-corrected chi connectivity index (χ2v) is 10.8. The Kier molecular flexibility index (Phi) is 7.47. The van der Waals surface area contributed by atoms with Gasteiger partial charge in [-0.15, -0.1) is 0 Å². The van der Waals surface area contributed by atoms with Gasteiger partial charge in [0.25, 0.3) is 5.91 Å². The van der Waals surface area contributed by atoms with Crippen LogP contribution in [0.4, 0.5) is 20.2 Å². The number of anilines is 2. The average Bonchev–Trinajstić information content (AvgIpc) is 2.96. The molecule has 216 valence electrons. The molecule has 0 bridgehead atoms. The number of carbonyl (C=O) groups is 2. The lowest BCUT2D eigenvalue weighted by molar-refractivity contribution is -0.121. The van der Waals surface area contributed by atoms with E-state index in [1.807, 2.05) is 19.1 Å². The molecule has 3 N–H and O–H groups in total. The van der Waals surface area contributed by atoms with Crippen LogP contribution in [-0.4, -0.2) is 31.6 Å². The van der Waals surface area contributed by atoms with Gasteiger partial charge in [-0.2, -0.15) is 0 Å². The monoisotopic (exact) mass is 571 g/mol. The maximum absolute atomic E-state index is 14.4. The third-order valence-corrected chi connectivity index (χ3v) is 7.48. The molecule has 1 atom stereocenters. The maximum atomic E-state index is 14.4. The van der Waals surface area contributed by atoms with Crippen LogP contribution in [0.25, 0.3) is 11.1 Å². The van der Waals surface area contributed by atoms with Gasteiger partial charge in [-0.25, -0.2) is 13.6 Å². The van der Waals surface area contributed by atoms with E-state index in [1.54, 1.807) is 50.1 Å². The van der Waals surface area contributed by atoms with Gasteiger partial charge in [0.15, 0.2) is 0 Å². The van der Waals surface area contributed by atoms with Gasteiger partial charge in [0.2, 0.25) is 0 Å². The number of hydrogen-bond donors (Lipinski definition) is 2. The summed E-state index contributed by atoms with van der Waals surface area (Å²) in [6.07, 6.45) is 0. The highest BCUT2D eigenvalue weighted by Crippen LogP contribution is 2.48. The van der Waals surface area contributed by atoms with E-state index in [9.17, 15) is 18.4 Å². The molecular weight excluding hydrogens is 540 g/mol. The second kappa shape index (κ2) is 10.9. The van der Waals surface area contributed by atoms with Crippen molar-refractivity contribution in [3.05, 3.63) is 107 Å². The molecule has 1 amide bonds. The Morgan fingerprint density at radius 2 is 1.62 bits per heavy atom. The number of amides is 1. The number of likely N-dealkylation sites (N-methyl/N-ethyl adjacent to an activating group) is 1. The molecular formula is C33H31F2N3O4. The first-order chi connectivity index (χ1) is 19.9. The number of aryl methyl sites for hydroxylation is 1. The standard InChI is InChI=1S/C33H31F2N3O4/c1-18-6-9-21(35)16-25(18)29(36)28-24(14-15-26-30(28)38(4)32(40)33(2,3)37-26)23-13-12-22(17-27(23)41-5)42-31(39)19-7-10-20(34)11-8-19/h6-17,29,37H,36H2,1-5H3. The van der Waals surface area contributed by atoms with Crippen molar-refractivity contribution < 1.29 is 27.8 Å². The lowest BCUT2D eigenvalue weighted by atomic mass is 9.85. The Labute approximate surface area is 242 Å². The van der Waals surface area contributed by atoms with Crippen molar-refractivity contribution >= 4 is 23.3 Å². The van der Waals surface area contributed by atoms with Crippen LogP contribution in [0.3, 0.4) is 0 Å². The van der Waals surface area contributed by atoms with E-state index in [-0.39, 0.29) is 17.2 Å². The number of nitrogens with zero attached hydrogens (tertiary/aromatic N) is 1. The molecule has 1 unspecified atom stereocenters. The van der Waals surface area contributed by atoms with Crippen molar-refractivity contribution in [1.82, 2.24) is 0 Å². The van der Waals surface area contributed by atoms with Crippen LogP contribution in [-0.2, 0) is 4.79 Å². The summed E-state index contributed by atoms with van der Waals surface area (Å²) in [5.74, 6) is -1.11. The SMILES string of the molecule is COc1cc(OC(=O)c2ccc(F)cc2)ccc1-c1ccc2c(c1C(N)c1cc(F)ccc1C)N(C)C(=O)C(C)(C)N2. The molecule has 4 aromatic rings. The fraction of sp³-hybridized carbons (Fsp3) is 0.212. The molecule has 0 aliphatic carbocycles. The van der Waals surface area contributed by atoms with Gasteiger partial charge in [0.1, 0.15) is 28.7 Å². The predicted molar refractivity (Wildman–Crippen MR) is 158 cm³/mol. The van der Waals surface area contributed by atoms with Gasteiger partial charge in [0.05, 0.1) is 30.1 Å². The minimum absolute atomic E-state index is 0.161. The molecule has 0 spiro atoms. The number of halogens is 2. The van der Waals surface area contributed by atoms with Crippen molar-refractivity contribution in [1.29, 1.82) is 0 Å². The number of esters is 1. The van der Waals surface area contributed by atoms with Gasteiger partial charge in [-0.3, -0.25) is 4.79 Å². The zero-order valence-electron chi connectivity index (χ0n) is 23.9. The number of benzene rings is 4. The van der Waals surface area contributed by atoms with Crippen LogP contribution < -0.4 is 25.4 Å². The van der Waals surface area contributed by atoms with Crippen LogP contribution in [0.15, 0.2) is 72.8 Å². The van der Waals surface area contributed by atoms with Crippen LogP contribution in [0.5, 0.6) is 11.5 Å². The van der Waals surface area contributed by atoms with E-state index in [1.165, 1.54) is 43.5 Å². The first-order valence-corrected chi connectivity index (χ1v) is 13.3. The topological polar surface area (TPSA) is 93.9 Å². The maximum Gasteiger partial charge on any atom is 0.343 e. The van der Waals surface area contributed by atoms with E-state index in [4.69, 9.17) is 15.2 Å². The van der Waals surface area contributed by atoms with Gasteiger partial charge in [-0.05, 0) is 92.1 Å². The molecule has 1 heterocycles. The molecule has 0 radical (unpaired) electrons. The molecule has 9 heteroatoms. The molecule has 4 aromatic carbocycles. The van der Waals surface area contributed by atoms with Crippen LogP contribution >= 0.6 is 0 Å². The Balaban J connectivity index is 1.65. The number of fused-ring (bicyclic) bond motifs is 1. The lowest BCUT2D eigenvalue weighted by Gasteiger charge is -2.40. The largest absolute Gasteiger partial charge is 0.496 e. The number of nitrogens with two attached hydrogens (primary N) is 1. The van der Waals surface area contributed by atoms with Crippen molar-refractivity contribution in [2.75, 3.05) is 24.4 Å². The Morgan fingerprint density at radius 1 is 0.952 bits per heavy atom. The summed E-state index contributed by atoms with van der Waals surface area (Å²) in [6, 6.07) is 17.3. The first kappa shape index (κ1) is 28.8. The molecule has 1 aliphatic heterocycles. The number of hydrogen-bond acceptors (Lipinski definition) is 6. The zero-order valence-corrected chi connectivity index (χ0v) is 23.9. The van der Waals surface area contributed by atoms with Gasteiger partial charge >= 0.3 is 5.97 Å². The summed E-state index contributed by atoms with van der Waals surface area (Å²) in [4.78, 5) is 27.6. The zero-order chi connectivity index (χ0) is 30.3. The molecule has 0 saturated heterocycles. The summed E-state index contributed by atoms with van der Waals surface area (Å²) in [7, 11) is 3.18. The van der Waals surface area contributed by atoms with Gasteiger partial charge in [-0.1, -0.05) is 12.1 Å². The fourth-order valence-corrected chi connectivity index (χ4v) is 5.34. The van der Waals surface area contributed by atoms with Crippen LogP contribution in [0.2, 0.25) is 0 Å². The van der Waals surface area contributed by atoms with Gasteiger partial charge < -0.3 is 25.4 Å². The summed E-state index contributed by atoms with van der Waals surface area (Å²) in [5.41, 5.74) is 10.8. The van der Waals surface area contributed by atoms with E-state index < -0.39 is 29.2 Å². The molecule has 5 rings (SSSR count). The van der Waals surface area contributed by atoms with Crippen molar-refractivity contribution in [2.45, 2.75) is 32.4 Å². The van der Waals surface area contributed by atoms with Crippen LogP contribution in [0.1, 0.15) is 46.9 Å². The molecule has 42 heavy (non-hydrogen) atoms. The highest BCUT2D eigenvalue weighted by Gasteiger charge is 2.40. The van der Waals surface area contributed by atoms with Gasteiger partial charge in [0, 0.05) is 24.2 Å². The molecule has 0 aromatic heterocycles. The first-order valence-electron chi connectivity index (χ1n) is 13.3. The highest BCUT2D eigenvalue weighted by molar-refractivity contribution is 6.09. The van der Waals surface area contributed by atoms with Crippen molar-refractivity contribution in [2.24, 2.45) is 5.73 Å². The minimum atomic E-state index is -0.854. The lowest BCUT2D eigenvalue weighted by Crippen LogP contribution is -2.53. The number of rotatable bonds is 6. The Bertz CT molecular complexity index is 1700. The number of carbonyl (C=O) groups excluding carboxylic acids is 2. The number of methoxy groups -OCH3 is 1.